The number of aliphatic hydroxyl groups is 1. The van der Waals surface area contributed by atoms with Gasteiger partial charge in [0.25, 0.3) is 0 Å². The van der Waals surface area contributed by atoms with Gasteiger partial charge in [-0.2, -0.15) is 0 Å². The Balaban J connectivity index is 3.28. The van der Waals surface area contributed by atoms with Gasteiger partial charge in [-0.3, -0.25) is 4.79 Å². The molecule has 0 bridgehead atoms. The molecule has 0 aromatic heterocycles. The molecule has 0 fully saturated rings. The van der Waals surface area contributed by atoms with E-state index in [0.717, 1.165) is 11.1 Å². The molecule has 1 aliphatic rings. The van der Waals surface area contributed by atoms with Crippen molar-refractivity contribution in [3.05, 3.63) is 23.3 Å². The van der Waals surface area contributed by atoms with Gasteiger partial charge in [0.05, 0.1) is 5.60 Å². The molecule has 3 nitrogen and oxygen atoms in total. The molecule has 21 heavy (non-hydrogen) atoms. The van der Waals surface area contributed by atoms with Gasteiger partial charge in [-0.15, -0.1) is 0 Å². The molecule has 0 saturated heterocycles. The normalized spacial score (nSPS) is 27.1. The SMILES string of the molecule is CC1=CC(CCC(=O)O)=CC(C(C)(C)C)C1(O)C(C)(C)C. The Kier molecular flexibility index (Phi) is 4.79. The zero-order chi connectivity index (χ0) is 16.6. The molecule has 2 atom stereocenters. The van der Waals surface area contributed by atoms with Crippen molar-refractivity contribution in [3.63, 3.8) is 0 Å². The number of carboxylic acid groups (broad SMARTS) is 1. The topological polar surface area (TPSA) is 57.5 Å². The Morgan fingerprint density at radius 1 is 1.24 bits per heavy atom. The lowest BCUT2D eigenvalue weighted by Gasteiger charge is -2.52. The number of hydrogen-bond acceptors (Lipinski definition) is 2. The van der Waals surface area contributed by atoms with Gasteiger partial charge < -0.3 is 10.2 Å². The first-order valence-electron chi connectivity index (χ1n) is 7.64. The predicted octanol–water partition coefficient (Wildman–Crippen LogP) is 4.18. The van der Waals surface area contributed by atoms with Crippen LogP contribution in [0.2, 0.25) is 0 Å². The standard InChI is InChI=1S/C18H30O3/c1-12-10-13(8-9-15(19)20)11-14(16(2,3)4)18(12,21)17(5,6)7/h10-11,14,21H,8-9H2,1-7H3,(H,19,20). The van der Waals surface area contributed by atoms with Crippen LogP contribution in [0.1, 0.15) is 61.3 Å². The fourth-order valence-electron chi connectivity index (χ4n) is 3.36. The molecule has 0 aliphatic heterocycles. The minimum absolute atomic E-state index is 0.0428. The van der Waals surface area contributed by atoms with Gasteiger partial charge in [0.1, 0.15) is 0 Å². The van der Waals surface area contributed by atoms with E-state index in [0.29, 0.717) is 6.42 Å². The Labute approximate surface area is 128 Å². The fraction of sp³-hybridized carbons (Fsp3) is 0.722. The molecule has 2 unspecified atom stereocenters. The van der Waals surface area contributed by atoms with Crippen LogP contribution in [0.15, 0.2) is 23.3 Å². The summed E-state index contributed by atoms with van der Waals surface area (Å²) >= 11 is 0. The van der Waals surface area contributed by atoms with E-state index >= 15 is 0 Å². The number of allylic oxidation sites excluding steroid dienone is 2. The van der Waals surface area contributed by atoms with Crippen molar-refractivity contribution in [1.82, 2.24) is 0 Å². The van der Waals surface area contributed by atoms with Crippen LogP contribution >= 0.6 is 0 Å². The second-order valence-corrected chi connectivity index (χ2v) is 8.32. The van der Waals surface area contributed by atoms with Gasteiger partial charge in [-0.05, 0) is 29.7 Å². The highest BCUT2D eigenvalue weighted by atomic mass is 16.4. The first-order chi connectivity index (χ1) is 9.30. The predicted molar refractivity (Wildman–Crippen MR) is 86.1 cm³/mol. The highest BCUT2D eigenvalue weighted by Gasteiger charge is 2.52. The van der Waals surface area contributed by atoms with Gasteiger partial charge >= 0.3 is 5.97 Å². The van der Waals surface area contributed by atoms with E-state index in [-0.39, 0.29) is 23.2 Å². The molecule has 0 saturated carbocycles. The van der Waals surface area contributed by atoms with Crippen molar-refractivity contribution in [2.45, 2.75) is 66.9 Å². The third kappa shape index (κ3) is 3.57. The molecule has 3 heteroatoms. The van der Waals surface area contributed by atoms with Gasteiger partial charge in [-0.1, -0.05) is 59.3 Å². The number of aliphatic carboxylic acids is 1. The van der Waals surface area contributed by atoms with Crippen molar-refractivity contribution < 1.29 is 15.0 Å². The Hall–Kier alpha value is -1.09. The Morgan fingerprint density at radius 3 is 2.14 bits per heavy atom. The van der Waals surface area contributed by atoms with Gasteiger partial charge in [0.15, 0.2) is 0 Å². The average molecular weight is 294 g/mol. The maximum atomic E-state index is 11.4. The minimum atomic E-state index is -0.919. The molecule has 0 aromatic carbocycles. The van der Waals surface area contributed by atoms with E-state index in [2.05, 4.69) is 47.6 Å². The molecule has 0 heterocycles. The third-order valence-electron chi connectivity index (χ3n) is 4.54. The van der Waals surface area contributed by atoms with Crippen molar-refractivity contribution in [3.8, 4) is 0 Å². The molecule has 0 radical (unpaired) electrons. The fourth-order valence-corrected chi connectivity index (χ4v) is 3.36. The van der Waals surface area contributed by atoms with E-state index in [1.165, 1.54) is 0 Å². The van der Waals surface area contributed by atoms with Crippen LogP contribution in [0.3, 0.4) is 0 Å². The van der Waals surface area contributed by atoms with Crippen LogP contribution in [0.5, 0.6) is 0 Å². The summed E-state index contributed by atoms with van der Waals surface area (Å²) in [5.41, 5.74) is 0.631. The molecule has 2 N–H and O–H groups in total. The maximum Gasteiger partial charge on any atom is 0.303 e. The quantitative estimate of drug-likeness (QED) is 0.821. The lowest BCUT2D eigenvalue weighted by Crippen LogP contribution is -2.54. The van der Waals surface area contributed by atoms with Crippen molar-refractivity contribution in [2.24, 2.45) is 16.7 Å². The summed E-state index contributed by atoms with van der Waals surface area (Å²) in [4.78, 5) is 10.8. The zero-order valence-electron chi connectivity index (χ0n) is 14.4. The van der Waals surface area contributed by atoms with E-state index in [9.17, 15) is 9.90 Å². The van der Waals surface area contributed by atoms with Crippen LogP contribution in [0, 0.1) is 16.7 Å². The van der Waals surface area contributed by atoms with Crippen molar-refractivity contribution >= 4 is 5.97 Å². The van der Waals surface area contributed by atoms with Crippen LogP contribution in [-0.2, 0) is 4.79 Å². The lowest BCUT2D eigenvalue weighted by molar-refractivity contribution is -0.136. The second-order valence-electron chi connectivity index (χ2n) is 8.32. The van der Waals surface area contributed by atoms with E-state index < -0.39 is 11.6 Å². The highest BCUT2D eigenvalue weighted by Crippen LogP contribution is 2.51. The number of carboxylic acids is 1. The molecule has 0 amide bonds. The van der Waals surface area contributed by atoms with Gasteiger partial charge in [0.2, 0.25) is 0 Å². The molecule has 1 aliphatic carbocycles. The summed E-state index contributed by atoms with van der Waals surface area (Å²) < 4.78 is 0. The first kappa shape index (κ1) is 18.0. The monoisotopic (exact) mass is 294 g/mol. The molecular formula is C18H30O3. The van der Waals surface area contributed by atoms with E-state index in [4.69, 9.17) is 5.11 Å². The summed E-state index contributed by atoms with van der Waals surface area (Å²) in [7, 11) is 0. The number of carbonyl (C=O) groups is 1. The van der Waals surface area contributed by atoms with Crippen LogP contribution in [0.25, 0.3) is 0 Å². The molecule has 0 aromatic rings. The summed E-state index contributed by atoms with van der Waals surface area (Å²) in [6.07, 6.45) is 4.69. The van der Waals surface area contributed by atoms with Crippen LogP contribution in [0.4, 0.5) is 0 Å². The van der Waals surface area contributed by atoms with Crippen molar-refractivity contribution in [1.29, 1.82) is 0 Å². The number of hydrogen-bond donors (Lipinski definition) is 2. The smallest absolute Gasteiger partial charge is 0.303 e. The van der Waals surface area contributed by atoms with E-state index in [1.54, 1.807) is 0 Å². The van der Waals surface area contributed by atoms with Gasteiger partial charge in [-0.25, -0.2) is 0 Å². The van der Waals surface area contributed by atoms with Crippen LogP contribution in [-0.4, -0.2) is 21.8 Å². The van der Waals surface area contributed by atoms with Crippen molar-refractivity contribution in [2.75, 3.05) is 0 Å². The highest BCUT2D eigenvalue weighted by molar-refractivity contribution is 5.67. The summed E-state index contributed by atoms with van der Waals surface area (Å²) in [5.74, 6) is -0.829. The Morgan fingerprint density at radius 2 is 1.76 bits per heavy atom. The summed E-state index contributed by atoms with van der Waals surface area (Å²) in [6.45, 7) is 14.5. The third-order valence-corrected chi connectivity index (χ3v) is 4.54. The first-order valence-corrected chi connectivity index (χ1v) is 7.64. The largest absolute Gasteiger partial charge is 0.481 e. The summed E-state index contributed by atoms with van der Waals surface area (Å²) in [6, 6.07) is 0. The lowest BCUT2D eigenvalue weighted by atomic mass is 9.56. The molecule has 1 rings (SSSR count). The molecule has 0 spiro atoms. The van der Waals surface area contributed by atoms with E-state index in [1.807, 2.05) is 13.0 Å². The van der Waals surface area contributed by atoms with Gasteiger partial charge in [0, 0.05) is 12.3 Å². The molecular weight excluding hydrogens is 264 g/mol. The molecule has 120 valence electrons. The summed E-state index contributed by atoms with van der Waals surface area (Å²) in [5, 5.41) is 20.3. The second kappa shape index (κ2) is 5.60. The average Bonchev–Trinajstić information content (AvgIpc) is 2.27. The maximum absolute atomic E-state index is 11.4. The Bertz CT molecular complexity index is 472. The van der Waals surface area contributed by atoms with Crippen LogP contribution < -0.4 is 0 Å². The minimum Gasteiger partial charge on any atom is -0.481 e. The zero-order valence-corrected chi connectivity index (χ0v) is 14.4. The number of rotatable bonds is 3.